The van der Waals surface area contributed by atoms with E-state index < -0.39 is 0 Å². The molecule has 1 aromatic carbocycles. The second-order valence-corrected chi connectivity index (χ2v) is 5.20. The number of urea groups is 1. The molecule has 5 heteroatoms. The molecule has 0 saturated heterocycles. The molecule has 1 aromatic heterocycles. The lowest BCUT2D eigenvalue weighted by atomic mass is 10.2. The van der Waals surface area contributed by atoms with Crippen LogP contribution in [0, 0.1) is 6.92 Å². The zero-order chi connectivity index (χ0) is 15.2. The number of hydrogen-bond acceptors (Lipinski definition) is 3. The molecule has 2 N–H and O–H groups in total. The van der Waals surface area contributed by atoms with Gasteiger partial charge in [0, 0.05) is 12.2 Å². The van der Waals surface area contributed by atoms with E-state index in [0.717, 1.165) is 17.0 Å². The van der Waals surface area contributed by atoms with Crippen molar-refractivity contribution in [1.82, 2.24) is 10.2 Å². The molecule has 2 amide bonds. The molecule has 0 aliphatic rings. The van der Waals surface area contributed by atoms with Gasteiger partial charge in [-0.25, -0.2) is 4.79 Å². The number of nitrogens with one attached hydrogen (secondary N) is 2. The van der Waals surface area contributed by atoms with Crippen LogP contribution in [0.5, 0.6) is 0 Å². The van der Waals surface area contributed by atoms with Crippen LogP contribution in [0.3, 0.4) is 0 Å². The number of aryl methyl sites for hydroxylation is 1. The summed E-state index contributed by atoms with van der Waals surface area (Å²) < 4.78 is 5.41. The van der Waals surface area contributed by atoms with Crippen molar-refractivity contribution in [3.8, 4) is 0 Å². The molecule has 0 spiro atoms. The number of carbonyl (C=O) groups is 1. The van der Waals surface area contributed by atoms with Crippen molar-refractivity contribution >= 4 is 11.7 Å². The first-order chi connectivity index (χ1) is 10.1. The van der Waals surface area contributed by atoms with Gasteiger partial charge in [0.2, 0.25) is 0 Å². The maximum atomic E-state index is 11.9. The summed E-state index contributed by atoms with van der Waals surface area (Å²) in [5.41, 5.74) is 1.93. The SMILES string of the molecule is Cc1ccc(NC(=O)NCC(c2ccco2)N(C)C)cc1. The molecule has 0 saturated carbocycles. The minimum atomic E-state index is -0.225. The second kappa shape index (κ2) is 6.95. The number of likely N-dealkylation sites (N-methyl/N-ethyl adjacent to an activating group) is 1. The maximum absolute atomic E-state index is 11.9. The van der Waals surface area contributed by atoms with Crippen LogP contribution in [0.25, 0.3) is 0 Å². The third-order valence-electron chi connectivity index (χ3n) is 3.26. The van der Waals surface area contributed by atoms with Crippen molar-refractivity contribution in [3.05, 3.63) is 54.0 Å². The number of amides is 2. The lowest BCUT2D eigenvalue weighted by Gasteiger charge is -2.22. The van der Waals surface area contributed by atoms with Gasteiger partial charge in [-0.15, -0.1) is 0 Å². The number of rotatable bonds is 5. The van der Waals surface area contributed by atoms with Crippen molar-refractivity contribution in [1.29, 1.82) is 0 Å². The van der Waals surface area contributed by atoms with Gasteiger partial charge in [-0.3, -0.25) is 4.90 Å². The summed E-state index contributed by atoms with van der Waals surface area (Å²) in [6, 6.07) is 11.2. The van der Waals surface area contributed by atoms with Crippen molar-refractivity contribution in [2.24, 2.45) is 0 Å². The monoisotopic (exact) mass is 287 g/mol. The van der Waals surface area contributed by atoms with Gasteiger partial charge in [0.25, 0.3) is 0 Å². The molecule has 1 unspecified atom stereocenters. The molecule has 2 aromatic rings. The number of hydrogen-bond donors (Lipinski definition) is 2. The topological polar surface area (TPSA) is 57.5 Å². The molecule has 1 heterocycles. The summed E-state index contributed by atoms with van der Waals surface area (Å²) in [5.74, 6) is 0.829. The molecule has 1 atom stereocenters. The highest BCUT2D eigenvalue weighted by Gasteiger charge is 2.17. The Morgan fingerprint density at radius 1 is 1.24 bits per heavy atom. The van der Waals surface area contributed by atoms with E-state index >= 15 is 0 Å². The standard InChI is InChI=1S/C16H21N3O2/c1-12-6-8-13(9-7-12)18-16(20)17-11-14(19(2)3)15-5-4-10-21-15/h4-10,14H,11H2,1-3H3,(H2,17,18,20). The van der Waals surface area contributed by atoms with E-state index in [2.05, 4.69) is 10.6 Å². The zero-order valence-corrected chi connectivity index (χ0v) is 12.6. The van der Waals surface area contributed by atoms with Gasteiger partial charge in [-0.2, -0.15) is 0 Å². The van der Waals surface area contributed by atoms with Gasteiger partial charge in [-0.05, 0) is 45.3 Å². The summed E-state index contributed by atoms with van der Waals surface area (Å²) >= 11 is 0. The van der Waals surface area contributed by atoms with Crippen LogP contribution in [-0.4, -0.2) is 31.6 Å². The Balaban J connectivity index is 1.89. The molecule has 2 rings (SSSR count). The smallest absolute Gasteiger partial charge is 0.319 e. The van der Waals surface area contributed by atoms with Gasteiger partial charge in [0.05, 0.1) is 12.3 Å². The van der Waals surface area contributed by atoms with Crippen LogP contribution < -0.4 is 10.6 Å². The van der Waals surface area contributed by atoms with E-state index in [1.807, 2.05) is 62.3 Å². The predicted octanol–water partition coefficient (Wildman–Crippen LogP) is 3.01. The first-order valence-electron chi connectivity index (χ1n) is 6.87. The number of nitrogens with zero attached hydrogens (tertiary/aromatic N) is 1. The number of benzene rings is 1. The Morgan fingerprint density at radius 2 is 1.95 bits per heavy atom. The normalized spacial score (nSPS) is 12.2. The van der Waals surface area contributed by atoms with Crippen LogP contribution in [0.4, 0.5) is 10.5 Å². The molecular weight excluding hydrogens is 266 g/mol. The third kappa shape index (κ3) is 4.36. The van der Waals surface area contributed by atoms with E-state index in [1.165, 1.54) is 0 Å². The average molecular weight is 287 g/mol. The highest BCUT2D eigenvalue weighted by molar-refractivity contribution is 5.89. The van der Waals surface area contributed by atoms with E-state index in [4.69, 9.17) is 4.42 Å². The molecule has 112 valence electrons. The van der Waals surface area contributed by atoms with E-state index in [1.54, 1.807) is 6.26 Å². The van der Waals surface area contributed by atoms with Crippen molar-refractivity contribution < 1.29 is 9.21 Å². The van der Waals surface area contributed by atoms with Crippen LogP contribution >= 0.6 is 0 Å². The lowest BCUT2D eigenvalue weighted by Crippen LogP contribution is -2.36. The zero-order valence-electron chi connectivity index (χ0n) is 12.6. The first-order valence-corrected chi connectivity index (χ1v) is 6.87. The van der Waals surface area contributed by atoms with E-state index in [9.17, 15) is 4.79 Å². The second-order valence-electron chi connectivity index (χ2n) is 5.20. The fraction of sp³-hybridized carbons (Fsp3) is 0.312. The van der Waals surface area contributed by atoms with Gasteiger partial charge >= 0.3 is 6.03 Å². The summed E-state index contributed by atoms with van der Waals surface area (Å²) in [6.07, 6.45) is 1.64. The highest BCUT2D eigenvalue weighted by atomic mass is 16.3. The molecule has 0 aliphatic carbocycles. The van der Waals surface area contributed by atoms with Crippen LogP contribution in [-0.2, 0) is 0 Å². The quantitative estimate of drug-likeness (QED) is 0.888. The molecule has 0 aliphatic heterocycles. The van der Waals surface area contributed by atoms with Crippen molar-refractivity contribution in [2.45, 2.75) is 13.0 Å². The summed E-state index contributed by atoms with van der Waals surface area (Å²) in [5, 5.41) is 5.67. The third-order valence-corrected chi connectivity index (χ3v) is 3.26. The van der Waals surface area contributed by atoms with Crippen molar-refractivity contribution in [2.75, 3.05) is 26.0 Å². The molecule has 21 heavy (non-hydrogen) atoms. The summed E-state index contributed by atoms with van der Waals surface area (Å²) in [7, 11) is 3.90. The van der Waals surface area contributed by atoms with Crippen LogP contribution in [0.2, 0.25) is 0 Å². The van der Waals surface area contributed by atoms with Crippen LogP contribution in [0.15, 0.2) is 47.1 Å². The van der Waals surface area contributed by atoms with Crippen molar-refractivity contribution in [3.63, 3.8) is 0 Å². The lowest BCUT2D eigenvalue weighted by molar-refractivity contribution is 0.233. The Morgan fingerprint density at radius 3 is 2.52 bits per heavy atom. The largest absolute Gasteiger partial charge is 0.468 e. The minimum Gasteiger partial charge on any atom is -0.468 e. The van der Waals surface area contributed by atoms with Gasteiger partial charge in [0.1, 0.15) is 5.76 Å². The highest BCUT2D eigenvalue weighted by Crippen LogP contribution is 2.17. The molecular formula is C16H21N3O2. The van der Waals surface area contributed by atoms with Gasteiger partial charge in [0.15, 0.2) is 0 Å². The maximum Gasteiger partial charge on any atom is 0.319 e. The number of anilines is 1. The summed E-state index contributed by atoms with van der Waals surface area (Å²) in [6.45, 7) is 2.48. The summed E-state index contributed by atoms with van der Waals surface area (Å²) in [4.78, 5) is 13.9. The predicted molar refractivity (Wildman–Crippen MR) is 83.3 cm³/mol. The van der Waals surface area contributed by atoms with E-state index in [-0.39, 0.29) is 12.1 Å². The number of furan rings is 1. The minimum absolute atomic E-state index is 0.00349. The van der Waals surface area contributed by atoms with Gasteiger partial charge < -0.3 is 15.1 Å². The molecule has 0 radical (unpaired) electrons. The Bertz CT molecular complexity index is 562. The van der Waals surface area contributed by atoms with Gasteiger partial charge in [-0.1, -0.05) is 17.7 Å². The average Bonchev–Trinajstić information content (AvgIpc) is 2.95. The fourth-order valence-corrected chi connectivity index (χ4v) is 2.02. The number of carbonyl (C=O) groups excluding carboxylic acids is 1. The van der Waals surface area contributed by atoms with Crippen LogP contribution in [0.1, 0.15) is 17.4 Å². The molecule has 0 bridgehead atoms. The molecule has 0 fully saturated rings. The Labute approximate surface area is 124 Å². The fourth-order valence-electron chi connectivity index (χ4n) is 2.02. The van der Waals surface area contributed by atoms with E-state index in [0.29, 0.717) is 6.54 Å². The Kier molecular flexibility index (Phi) is 5.00. The first kappa shape index (κ1) is 15.1. The Hall–Kier alpha value is -2.27. The molecule has 5 nitrogen and oxygen atoms in total.